The molecule has 2 bridgehead atoms. The number of nitrogens with zero attached hydrogens (tertiary/aromatic N) is 1. The molecule has 0 unspecified atom stereocenters. The van der Waals surface area contributed by atoms with Gasteiger partial charge in [0.2, 0.25) is 9.84 Å². The van der Waals surface area contributed by atoms with Crippen LogP contribution in [-0.4, -0.2) is 39.0 Å². The van der Waals surface area contributed by atoms with Gasteiger partial charge in [-0.25, -0.2) is 26.4 Å². The fraction of sp³-hybridized carbons (Fsp3) is 0.0667. The number of aryl methyl sites for hydroxylation is 1. The number of sulfonamides is 1. The quantitative estimate of drug-likeness (QED) is 0.575. The summed E-state index contributed by atoms with van der Waals surface area (Å²) >= 11 is 0. The summed E-state index contributed by atoms with van der Waals surface area (Å²) in [5.41, 5.74) is -1.96. The maximum absolute atomic E-state index is 12.9. The molecule has 12 heteroatoms. The van der Waals surface area contributed by atoms with Gasteiger partial charge in [-0.15, -0.1) is 0 Å². The summed E-state index contributed by atoms with van der Waals surface area (Å²) < 4.78 is 53.2. The third kappa shape index (κ3) is 3.58. The van der Waals surface area contributed by atoms with E-state index in [1.54, 1.807) is 6.92 Å². The predicted octanol–water partition coefficient (Wildman–Crippen LogP) is -1.06. The van der Waals surface area contributed by atoms with Gasteiger partial charge < -0.3 is 14.9 Å². The number of aromatic carboxylic acids is 2. The van der Waals surface area contributed by atoms with Gasteiger partial charge in [0.05, 0.1) is 25.8 Å². The van der Waals surface area contributed by atoms with E-state index in [0.29, 0.717) is 6.07 Å². The molecule has 2 aromatic rings. The molecule has 0 radical (unpaired) electrons. The molecule has 136 valence electrons. The number of carboxylic acids is 2. The average molecular weight is 435 g/mol. The summed E-state index contributed by atoms with van der Waals surface area (Å²) in [4.78, 5) is 20.9. The number of sulfone groups is 1. The molecule has 2 aromatic carbocycles. The fourth-order valence-electron chi connectivity index (χ4n) is 2.56. The Bertz CT molecular complexity index is 1190. The molecule has 9 nitrogen and oxygen atoms in total. The summed E-state index contributed by atoms with van der Waals surface area (Å²) in [6, 6.07) is 6.10. The van der Waals surface area contributed by atoms with Gasteiger partial charge in [-0.2, -0.15) is 0 Å². The minimum Gasteiger partial charge on any atom is -0.571 e. The Kier molecular flexibility index (Phi) is 5.93. The first-order valence-electron chi connectivity index (χ1n) is 6.94. The molecule has 1 aliphatic heterocycles. The number of carbonyl (C=O) groups is 2. The zero-order valence-corrected chi connectivity index (χ0v) is 18.8. The molecular weight excluding hydrogens is 425 g/mol. The molecule has 0 atom stereocenters. The Hall–Kier alpha value is -1.28. The van der Waals surface area contributed by atoms with Gasteiger partial charge in [-0.3, -0.25) is 0 Å². The molecule has 0 spiro atoms. The van der Waals surface area contributed by atoms with Gasteiger partial charge in [0, 0.05) is 0 Å². The maximum Gasteiger partial charge on any atom is 1.00 e. The topological polar surface area (TPSA) is 157 Å². The molecule has 1 aliphatic rings. The SMILES string of the molecule is Cc1ccc(S(=O)(=O)c2cc(C(=O)O)c3c(C(=O)O)c2[N-]S3(=O)=O)cc1.[K+]. The number of benzene rings is 2. The van der Waals surface area contributed by atoms with E-state index in [4.69, 9.17) is 0 Å². The van der Waals surface area contributed by atoms with Crippen molar-refractivity contribution in [3.05, 3.63) is 51.7 Å². The summed E-state index contributed by atoms with van der Waals surface area (Å²) in [5.74, 6) is -3.57. The molecule has 0 fully saturated rings. The Morgan fingerprint density at radius 3 is 2.07 bits per heavy atom. The van der Waals surface area contributed by atoms with E-state index in [-0.39, 0.29) is 56.3 Å². The van der Waals surface area contributed by atoms with Crippen LogP contribution >= 0.6 is 0 Å². The van der Waals surface area contributed by atoms with Crippen LogP contribution in [0.4, 0.5) is 5.69 Å². The zero-order valence-electron chi connectivity index (χ0n) is 14.0. The van der Waals surface area contributed by atoms with Crippen LogP contribution < -0.4 is 51.4 Å². The molecule has 0 saturated heterocycles. The van der Waals surface area contributed by atoms with E-state index in [1.165, 1.54) is 24.3 Å². The number of rotatable bonds is 4. The minimum absolute atomic E-state index is 0. The van der Waals surface area contributed by atoms with Gasteiger partial charge >= 0.3 is 63.3 Å². The van der Waals surface area contributed by atoms with E-state index < -0.39 is 58.4 Å². The molecule has 27 heavy (non-hydrogen) atoms. The number of carboxylic acid groups (broad SMARTS) is 2. The normalized spacial score (nSPS) is 14.1. The minimum atomic E-state index is -4.64. The molecule has 1 heterocycles. The maximum atomic E-state index is 12.9. The molecule has 0 amide bonds. The molecule has 0 aromatic heterocycles. The molecule has 2 N–H and O–H groups in total. The first kappa shape index (κ1) is 22.0. The van der Waals surface area contributed by atoms with Gasteiger partial charge in [0.15, 0.2) is 0 Å². The second-order valence-corrected chi connectivity index (χ2v) is 8.93. The van der Waals surface area contributed by atoms with Crippen LogP contribution in [0.1, 0.15) is 26.3 Å². The number of fused-ring (bicyclic) bond motifs is 2. The Balaban J connectivity index is 0.00000261. The van der Waals surface area contributed by atoms with E-state index in [0.717, 1.165) is 5.56 Å². The first-order valence-corrected chi connectivity index (χ1v) is 9.86. The number of hydrogen-bond acceptors (Lipinski definition) is 6. The van der Waals surface area contributed by atoms with E-state index >= 15 is 0 Å². The summed E-state index contributed by atoms with van der Waals surface area (Å²) in [5, 5.41) is 18.6. The third-order valence-corrected chi connectivity index (χ3v) is 6.90. The van der Waals surface area contributed by atoms with Crippen LogP contribution in [0, 0.1) is 6.92 Å². The van der Waals surface area contributed by atoms with Gasteiger partial charge in [0.1, 0.15) is 10.0 Å². The summed E-state index contributed by atoms with van der Waals surface area (Å²) in [6.07, 6.45) is 0. The van der Waals surface area contributed by atoms with Crippen LogP contribution in [0.2, 0.25) is 0 Å². The van der Waals surface area contributed by atoms with Crippen LogP contribution in [0.15, 0.2) is 45.0 Å². The second-order valence-electron chi connectivity index (χ2n) is 5.47. The summed E-state index contributed by atoms with van der Waals surface area (Å²) in [7, 11) is -9.05. The van der Waals surface area contributed by atoms with E-state index in [2.05, 4.69) is 4.72 Å². The predicted molar refractivity (Wildman–Crippen MR) is 87.2 cm³/mol. The summed E-state index contributed by atoms with van der Waals surface area (Å²) in [6.45, 7) is 1.72. The van der Waals surface area contributed by atoms with Crippen LogP contribution in [0.5, 0.6) is 0 Å². The Morgan fingerprint density at radius 1 is 1.04 bits per heavy atom. The second kappa shape index (κ2) is 7.27. The average Bonchev–Trinajstić information content (AvgIpc) is 2.73. The van der Waals surface area contributed by atoms with Crippen LogP contribution in [0.25, 0.3) is 4.72 Å². The van der Waals surface area contributed by atoms with Crippen molar-refractivity contribution in [2.24, 2.45) is 0 Å². The Labute approximate surface area is 196 Å². The van der Waals surface area contributed by atoms with Crippen molar-refractivity contribution in [3.8, 4) is 0 Å². The zero-order chi connectivity index (χ0) is 19.4. The fourth-order valence-corrected chi connectivity index (χ4v) is 5.43. The molecule has 3 rings (SSSR count). The van der Waals surface area contributed by atoms with Crippen molar-refractivity contribution in [1.82, 2.24) is 0 Å². The monoisotopic (exact) mass is 435 g/mol. The molecular formula is C15H10KNO8S2. The van der Waals surface area contributed by atoms with Gasteiger partial charge in [-0.1, -0.05) is 23.4 Å². The van der Waals surface area contributed by atoms with E-state index in [9.17, 15) is 36.6 Å². The largest absolute Gasteiger partial charge is 1.00 e. The van der Waals surface area contributed by atoms with Crippen molar-refractivity contribution >= 4 is 37.5 Å². The van der Waals surface area contributed by atoms with E-state index in [1.807, 2.05) is 0 Å². The van der Waals surface area contributed by atoms with Crippen molar-refractivity contribution in [3.63, 3.8) is 0 Å². The molecule has 0 saturated carbocycles. The van der Waals surface area contributed by atoms with Crippen LogP contribution in [-0.2, 0) is 19.9 Å². The standard InChI is InChI=1S/C15H10NO8S2.K/c1-7-2-4-8(5-3-7)25(21,22)10-6-9(14(17)18)13-11(15(19)20)12(10)16-26(13,23)24;/h2-6H,1H3,(H,17,18)(H,19,20);/q-1;+1. The Morgan fingerprint density at radius 2 is 1.59 bits per heavy atom. The van der Waals surface area contributed by atoms with Crippen molar-refractivity contribution in [2.45, 2.75) is 21.6 Å². The first-order chi connectivity index (χ1) is 12.0. The number of hydrogen-bond donors (Lipinski definition) is 2. The molecule has 0 aliphatic carbocycles. The van der Waals surface area contributed by atoms with Gasteiger partial charge in [-0.05, 0) is 25.1 Å². The third-order valence-electron chi connectivity index (χ3n) is 3.75. The van der Waals surface area contributed by atoms with Crippen molar-refractivity contribution < 1.29 is 88.0 Å². The van der Waals surface area contributed by atoms with Gasteiger partial charge in [0.25, 0.3) is 0 Å². The van der Waals surface area contributed by atoms with Crippen molar-refractivity contribution in [1.29, 1.82) is 0 Å². The van der Waals surface area contributed by atoms with Crippen molar-refractivity contribution in [2.75, 3.05) is 0 Å². The smallest absolute Gasteiger partial charge is 0.571 e. The van der Waals surface area contributed by atoms with Crippen LogP contribution in [0.3, 0.4) is 0 Å².